The number of aldehydes is 1. The second kappa shape index (κ2) is 3.89. The zero-order valence-electron chi connectivity index (χ0n) is 5.60. The Hall–Kier alpha value is -0.330. The maximum Gasteiger partial charge on any atom is 0.167 e. The van der Waals surface area contributed by atoms with E-state index in [2.05, 4.69) is 9.59 Å². The molecule has 3 nitrogen and oxygen atoms in total. The number of hydrogen-bond donors (Lipinski definition) is 0. The van der Waals surface area contributed by atoms with E-state index >= 15 is 0 Å². The van der Waals surface area contributed by atoms with E-state index in [9.17, 15) is 4.79 Å². The van der Waals surface area contributed by atoms with E-state index < -0.39 is 0 Å². The van der Waals surface area contributed by atoms with Crippen molar-refractivity contribution in [3.05, 3.63) is 5.69 Å². The van der Waals surface area contributed by atoms with Crippen LogP contribution in [-0.2, 0) is 4.79 Å². The van der Waals surface area contributed by atoms with Crippen molar-refractivity contribution in [2.75, 3.05) is 0 Å². The quantitative estimate of drug-likeness (QED) is 0.414. The molecule has 0 aliphatic heterocycles. The first-order valence-electron chi connectivity index (χ1n) is 2.70. The minimum atomic E-state index is 0.319. The molecule has 0 aromatic carbocycles. The van der Waals surface area contributed by atoms with E-state index in [0.717, 1.165) is 9.90 Å². The summed E-state index contributed by atoms with van der Waals surface area (Å²) in [6, 6.07) is 0. The number of nitrogens with zero attached hydrogens (tertiary/aromatic N) is 2. The van der Waals surface area contributed by atoms with E-state index in [4.69, 9.17) is 12.2 Å². The lowest BCUT2D eigenvalue weighted by Gasteiger charge is -1.89. The van der Waals surface area contributed by atoms with Gasteiger partial charge < -0.3 is 0 Å². The van der Waals surface area contributed by atoms with E-state index in [-0.39, 0.29) is 0 Å². The first-order chi connectivity index (χ1) is 5.24. The number of hydrogen-bond acceptors (Lipinski definition) is 6. The molecular weight excluding hydrogens is 200 g/mol. The highest BCUT2D eigenvalue weighted by Gasteiger charge is 2.05. The standard InChI is InChI=1S/C5H4N2OS3/c1-3-5(11-7-6-3)10-4(9)2-8/h2H,1H3. The fourth-order valence-electron chi connectivity index (χ4n) is 0.434. The predicted molar refractivity (Wildman–Crippen MR) is 49.2 cm³/mol. The number of thiocarbonyl (C=S) groups is 1. The molecule has 0 N–H and O–H groups in total. The van der Waals surface area contributed by atoms with Crippen LogP contribution in [-0.4, -0.2) is 20.1 Å². The average Bonchev–Trinajstić information content (AvgIpc) is 2.37. The van der Waals surface area contributed by atoms with Gasteiger partial charge in [-0.3, -0.25) is 4.79 Å². The lowest BCUT2D eigenvalue weighted by molar-refractivity contribution is -0.102. The number of aromatic nitrogens is 2. The Labute approximate surface area is 77.4 Å². The van der Waals surface area contributed by atoms with Crippen molar-refractivity contribution in [1.82, 2.24) is 9.59 Å². The van der Waals surface area contributed by atoms with Gasteiger partial charge in [0.05, 0.1) is 5.69 Å². The predicted octanol–water partition coefficient (Wildman–Crippen LogP) is 1.46. The molecule has 1 aromatic heterocycles. The van der Waals surface area contributed by atoms with Gasteiger partial charge in [-0.15, -0.1) is 5.10 Å². The van der Waals surface area contributed by atoms with Gasteiger partial charge in [0.25, 0.3) is 0 Å². The van der Waals surface area contributed by atoms with E-state index in [1.165, 1.54) is 23.3 Å². The molecule has 58 valence electrons. The highest BCUT2D eigenvalue weighted by atomic mass is 32.2. The smallest absolute Gasteiger partial charge is 0.167 e. The molecule has 6 heteroatoms. The second-order valence-electron chi connectivity index (χ2n) is 1.68. The van der Waals surface area contributed by atoms with Crippen LogP contribution in [0.4, 0.5) is 0 Å². The van der Waals surface area contributed by atoms with Crippen LogP contribution in [0.2, 0.25) is 0 Å². The first kappa shape index (κ1) is 8.76. The van der Waals surface area contributed by atoms with Crippen molar-refractivity contribution in [3.8, 4) is 0 Å². The lowest BCUT2D eigenvalue weighted by atomic mass is 10.6. The molecular formula is C5H4N2OS3. The van der Waals surface area contributed by atoms with Gasteiger partial charge in [-0.25, -0.2) is 0 Å². The van der Waals surface area contributed by atoms with Gasteiger partial charge in [-0.1, -0.05) is 28.5 Å². The van der Waals surface area contributed by atoms with Gasteiger partial charge >= 0.3 is 0 Å². The Balaban J connectivity index is 2.71. The third-order valence-corrected chi connectivity index (χ3v) is 3.12. The highest BCUT2D eigenvalue weighted by molar-refractivity contribution is 8.25. The zero-order valence-corrected chi connectivity index (χ0v) is 8.05. The van der Waals surface area contributed by atoms with E-state index in [0.29, 0.717) is 10.5 Å². The minimum Gasteiger partial charge on any atom is -0.296 e. The number of carbonyl (C=O) groups excluding carboxylic acids is 1. The summed E-state index contributed by atoms with van der Waals surface area (Å²) in [5.74, 6) is 0. The summed E-state index contributed by atoms with van der Waals surface area (Å²) in [5.41, 5.74) is 0.823. The zero-order chi connectivity index (χ0) is 8.27. The van der Waals surface area contributed by atoms with Gasteiger partial charge in [0.1, 0.15) is 8.41 Å². The first-order valence-corrected chi connectivity index (χ1v) is 4.70. The normalized spacial score (nSPS) is 9.55. The number of aryl methyl sites for hydroxylation is 1. The Morgan fingerprint density at radius 3 is 3.00 bits per heavy atom. The summed E-state index contributed by atoms with van der Waals surface area (Å²) in [5, 5.41) is 3.78. The summed E-state index contributed by atoms with van der Waals surface area (Å²) in [6.45, 7) is 1.83. The molecule has 0 spiro atoms. The molecule has 1 heterocycles. The Morgan fingerprint density at radius 2 is 2.55 bits per heavy atom. The SMILES string of the molecule is Cc1nnsc1SC(=S)C=O. The van der Waals surface area contributed by atoms with Crippen molar-refractivity contribution in [2.45, 2.75) is 11.1 Å². The lowest BCUT2D eigenvalue weighted by Crippen LogP contribution is -1.86. The van der Waals surface area contributed by atoms with Crippen LogP contribution in [0.25, 0.3) is 0 Å². The highest BCUT2D eigenvalue weighted by Crippen LogP contribution is 2.24. The van der Waals surface area contributed by atoms with Crippen LogP contribution in [0, 0.1) is 6.92 Å². The summed E-state index contributed by atoms with van der Waals surface area (Å²) < 4.78 is 4.91. The van der Waals surface area contributed by atoms with Gasteiger partial charge in [0.2, 0.25) is 0 Å². The second-order valence-corrected chi connectivity index (χ2v) is 4.45. The number of rotatable bonds is 2. The molecule has 0 radical (unpaired) electrons. The molecule has 1 aromatic rings. The van der Waals surface area contributed by atoms with Crippen LogP contribution in [0.15, 0.2) is 4.21 Å². The van der Waals surface area contributed by atoms with Crippen molar-refractivity contribution < 1.29 is 4.79 Å². The van der Waals surface area contributed by atoms with Crippen LogP contribution in [0.3, 0.4) is 0 Å². The summed E-state index contributed by atoms with van der Waals surface area (Å²) in [7, 11) is 0. The Bertz CT molecular complexity index is 283. The van der Waals surface area contributed by atoms with Crippen LogP contribution >= 0.6 is 35.5 Å². The van der Waals surface area contributed by atoms with Gasteiger partial charge in [0, 0.05) is 0 Å². The van der Waals surface area contributed by atoms with E-state index in [1.54, 1.807) is 0 Å². The maximum absolute atomic E-state index is 10.1. The Morgan fingerprint density at radius 1 is 1.82 bits per heavy atom. The van der Waals surface area contributed by atoms with E-state index in [1.807, 2.05) is 6.92 Å². The average molecular weight is 204 g/mol. The van der Waals surface area contributed by atoms with Crippen LogP contribution < -0.4 is 0 Å². The van der Waals surface area contributed by atoms with Crippen molar-refractivity contribution >= 4 is 46.0 Å². The number of carbonyl (C=O) groups is 1. The van der Waals surface area contributed by atoms with Crippen LogP contribution in [0.5, 0.6) is 0 Å². The molecule has 0 amide bonds. The summed E-state index contributed by atoms with van der Waals surface area (Å²) in [4.78, 5) is 10.1. The third kappa shape index (κ3) is 2.32. The molecule has 0 fully saturated rings. The molecule has 0 unspecified atom stereocenters. The number of thioether (sulfide) groups is 1. The Kier molecular flexibility index (Phi) is 3.10. The molecule has 11 heavy (non-hydrogen) atoms. The minimum absolute atomic E-state index is 0.319. The molecule has 0 atom stereocenters. The summed E-state index contributed by atoms with van der Waals surface area (Å²) >= 11 is 7.19. The molecule has 0 saturated heterocycles. The topological polar surface area (TPSA) is 42.9 Å². The van der Waals surface area contributed by atoms with Gasteiger partial charge in [-0.05, 0) is 18.5 Å². The van der Waals surface area contributed by atoms with Gasteiger partial charge in [0.15, 0.2) is 6.29 Å². The molecule has 0 aliphatic rings. The molecule has 0 bridgehead atoms. The largest absolute Gasteiger partial charge is 0.296 e. The van der Waals surface area contributed by atoms with Crippen LogP contribution in [0.1, 0.15) is 5.69 Å². The molecule has 1 rings (SSSR count). The third-order valence-electron chi connectivity index (χ3n) is 0.899. The van der Waals surface area contributed by atoms with Crippen molar-refractivity contribution in [2.24, 2.45) is 0 Å². The molecule has 0 aliphatic carbocycles. The van der Waals surface area contributed by atoms with Crippen molar-refractivity contribution in [3.63, 3.8) is 0 Å². The fourth-order valence-corrected chi connectivity index (χ4v) is 2.19. The molecule has 0 saturated carbocycles. The summed E-state index contributed by atoms with van der Waals surface area (Å²) in [6.07, 6.45) is 0.652. The maximum atomic E-state index is 10.1. The van der Waals surface area contributed by atoms with Gasteiger partial charge in [-0.2, -0.15) is 0 Å². The fraction of sp³-hybridized carbons (Fsp3) is 0.200. The monoisotopic (exact) mass is 204 g/mol. The van der Waals surface area contributed by atoms with Crippen molar-refractivity contribution in [1.29, 1.82) is 0 Å².